The Hall–Kier alpha value is -0.910. The number of methoxy groups -OCH3 is 1. The summed E-state index contributed by atoms with van der Waals surface area (Å²) in [5.41, 5.74) is 0.444. The summed E-state index contributed by atoms with van der Waals surface area (Å²) < 4.78 is 10.9. The average molecular weight is 289 g/mol. The van der Waals surface area contributed by atoms with Gasteiger partial charge in [-0.25, -0.2) is 0 Å². The predicted octanol–water partition coefficient (Wildman–Crippen LogP) is 1.65. The van der Waals surface area contributed by atoms with Crippen molar-refractivity contribution in [3.8, 4) is 5.75 Å². The molecule has 0 aliphatic rings. The molecular weight excluding hydrogens is 276 g/mol. The number of ether oxygens (including phenoxy) is 2. The molecule has 16 heavy (non-hydrogen) atoms. The minimum Gasteiger partial charge on any atom is -0.490 e. The van der Waals surface area contributed by atoms with Crippen molar-refractivity contribution in [2.45, 2.75) is 6.10 Å². The number of aliphatic hydroxyl groups excluding tert-OH is 1. The Morgan fingerprint density at radius 3 is 2.88 bits per heavy atom. The van der Waals surface area contributed by atoms with Crippen LogP contribution in [0.1, 0.15) is 10.4 Å². The van der Waals surface area contributed by atoms with Gasteiger partial charge in [-0.05, 0) is 18.2 Å². The third-order valence-corrected chi connectivity index (χ3v) is 2.38. The second kappa shape index (κ2) is 6.62. The molecule has 0 amide bonds. The fourth-order valence-electron chi connectivity index (χ4n) is 1.17. The summed E-state index contributed by atoms with van der Waals surface area (Å²) in [5.74, 6) is 0.452. The van der Waals surface area contributed by atoms with Crippen molar-refractivity contribution >= 4 is 22.2 Å². The molecule has 1 aromatic carbocycles. The Morgan fingerprint density at radius 2 is 2.25 bits per heavy atom. The number of benzene rings is 1. The van der Waals surface area contributed by atoms with Crippen LogP contribution < -0.4 is 4.74 Å². The molecule has 0 saturated carbocycles. The third-order valence-electron chi connectivity index (χ3n) is 1.89. The molecule has 4 nitrogen and oxygen atoms in total. The average Bonchev–Trinajstić information content (AvgIpc) is 2.27. The van der Waals surface area contributed by atoms with E-state index in [0.717, 1.165) is 4.47 Å². The minimum absolute atomic E-state index is 0.0936. The summed E-state index contributed by atoms with van der Waals surface area (Å²) >= 11 is 3.26. The number of carbonyl (C=O) groups is 1. The molecule has 0 spiro atoms. The zero-order valence-corrected chi connectivity index (χ0v) is 10.4. The fourth-order valence-corrected chi connectivity index (χ4v) is 1.55. The molecule has 1 atom stereocenters. The number of aldehydes is 1. The monoisotopic (exact) mass is 288 g/mol. The van der Waals surface area contributed by atoms with Gasteiger partial charge in [0.05, 0.1) is 12.2 Å². The topological polar surface area (TPSA) is 55.8 Å². The van der Waals surface area contributed by atoms with Gasteiger partial charge in [-0.15, -0.1) is 0 Å². The quantitative estimate of drug-likeness (QED) is 0.809. The Morgan fingerprint density at radius 1 is 1.50 bits per heavy atom. The largest absolute Gasteiger partial charge is 0.490 e. The summed E-state index contributed by atoms with van der Waals surface area (Å²) in [6.07, 6.45) is 0.0103. The van der Waals surface area contributed by atoms with Gasteiger partial charge in [0.15, 0.2) is 6.29 Å². The van der Waals surface area contributed by atoms with Crippen LogP contribution in [-0.2, 0) is 4.74 Å². The van der Waals surface area contributed by atoms with Crippen molar-refractivity contribution in [2.24, 2.45) is 0 Å². The van der Waals surface area contributed by atoms with Gasteiger partial charge in [0.1, 0.15) is 18.5 Å². The molecule has 0 radical (unpaired) electrons. The van der Waals surface area contributed by atoms with E-state index in [-0.39, 0.29) is 13.2 Å². The highest BCUT2D eigenvalue weighted by Gasteiger charge is 2.07. The Labute approximate surface area is 102 Å². The van der Waals surface area contributed by atoms with E-state index in [1.807, 2.05) is 0 Å². The normalized spacial score (nSPS) is 12.2. The molecule has 0 bridgehead atoms. The maximum absolute atomic E-state index is 10.8. The van der Waals surface area contributed by atoms with E-state index < -0.39 is 6.10 Å². The lowest BCUT2D eigenvalue weighted by atomic mass is 10.2. The highest BCUT2D eigenvalue weighted by atomic mass is 79.9. The van der Waals surface area contributed by atoms with Crippen molar-refractivity contribution in [1.82, 2.24) is 0 Å². The first-order valence-corrected chi connectivity index (χ1v) is 5.51. The van der Waals surface area contributed by atoms with E-state index >= 15 is 0 Å². The number of rotatable bonds is 6. The zero-order chi connectivity index (χ0) is 12.0. The first-order chi connectivity index (χ1) is 7.67. The molecule has 88 valence electrons. The fraction of sp³-hybridized carbons (Fsp3) is 0.364. The van der Waals surface area contributed by atoms with Gasteiger partial charge in [0.25, 0.3) is 0 Å². The van der Waals surface area contributed by atoms with Crippen molar-refractivity contribution in [3.63, 3.8) is 0 Å². The molecule has 0 aliphatic heterocycles. The highest BCUT2D eigenvalue weighted by Crippen LogP contribution is 2.21. The molecule has 1 aromatic rings. The minimum atomic E-state index is -0.701. The van der Waals surface area contributed by atoms with Gasteiger partial charge in [-0.2, -0.15) is 0 Å². The van der Waals surface area contributed by atoms with Gasteiger partial charge < -0.3 is 14.6 Å². The molecule has 1 unspecified atom stereocenters. The molecule has 0 saturated heterocycles. The van der Waals surface area contributed by atoms with Gasteiger partial charge in [-0.3, -0.25) is 4.79 Å². The number of carbonyl (C=O) groups excluding carboxylic acids is 1. The Bertz CT molecular complexity index is 354. The summed E-state index contributed by atoms with van der Waals surface area (Å²) in [7, 11) is 1.50. The standard InChI is InChI=1S/C11H13BrO4/c1-15-6-10(14)7-16-11-3-2-9(12)4-8(11)5-13/h2-5,10,14H,6-7H2,1H3. The summed E-state index contributed by atoms with van der Waals surface area (Å²) in [5, 5.41) is 9.38. The van der Waals surface area contributed by atoms with Crippen LogP contribution in [-0.4, -0.2) is 37.8 Å². The van der Waals surface area contributed by atoms with Gasteiger partial charge in [-0.1, -0.05) is 15.9 Å². The van der Waals surface area contributed by atoms with E-state index in [2.05, 4.69) is 15.9 Å². The van der Waals surface area contributed by atoms with Crippen molar-refractivity contribution in [2.75, 3.05) is 20.3 Å². The van der Waals surface area contributed by atoms with Gasteiger partial charge in [0.2, 0.25) is 0 Å². The van der Waals surface area contributed by atoms with E-state index in [4.69, 9.17) is 9.47 Å². The van der Waals surface area contributed by atoms with Crippen LogP contribution in [0.4, 0.5) is 0 Å². The second-order valence-corrected chi connectivity index (χ2v) is 4.14. The predicted molar refractivity (Wildman–Crippen MR) is 62.9 cm³/mol. The molecule has 0 fully saturated rings. The van der Waals surface area contributed by atoms with Crippen molar-refractivity contribution in [3.05, 3.63) is 28.2 Å². The van der Waals surface area contributed by atoms with E-state index in [0.29, 0.717) is 17.6 Å². The van der Waals surface area contributed by atoms with Gasteiger partial charge in [0, 0.05) is 11.6 Å². The zero-order valence-electron chi connectivity index (χ0n) is 8.85. The lowest BCUT2D eigenvalue weighted by Gasteiger charge is -2.12. The lowest BCUT2D eigenvalue weighted by molar-refractivity contribution is 0.0323. The van der Waals surface area contributed by atoms with Crippen LogP contribution in [0.25, 0.3) is 0 Å². The highest BCUT2D eigenvalue weighted by molar-refractivity contribution is 9.10. The van der Waals surface area contributed by atoms with Crippen LogP contribution >= 0.6 is 15.9 Å². The van der Waals surface area contributed by atoms with Crippen LogP contribution in [0, 0.1) is 0 Å². The SMILES string of the molecule is COCC(O)COc1ccc(Br)cc1C=O. The number of halogens is 1. The van der Waals surface area contributed by atoms with Crippen LogP contribution in [0.3, 0.4) is 0 Å². The van der Waals surface area contributed by atoms with Crippen LogP contribution in [0.5, 0.6) is 5.75 Å². The maximum atomic E-state index is 10.8. The Balaban J connectivity index is 2.62. The first kappa shape index (κ1) is 13.2. The summed E-state index contributed by atoms with van der Waals surface area (Å²) in [4.78, 5) is 10.8. The second-order valence-electron chi connectivity index (χ2n) is 3.22. The maximum Gasteiger partial charge on any atom is 0.153 e. The number of aliphatic hydroxyl groups is 1. The number of hydrogen-bond donors (Lipinski definition) is 1. The molecule has 1 rings (SSSR count). The van der Waals surface area contributed by atoms with E-state index in [1.54, 1.807) is 18.2 Å². The molecule has 0 aliphatic carbocycles. The molecular formula is C11H13BrO4. The molecule has 5 heteroatoms. The molecule has 0 aromatic heterocycles. The van der Waals surface area contributed by atoms with Crippen LogP contribution in [0.2, 0.25) is 0 Å². The van der Waals surface area contributed by atoms with E-state index in [1.165, 1.54) is 7.11 Å². The van der Waals surface area contributed by atoms with Crippen molar-refractivity contribution < 1.29 is 19.4 Å². The molecule has 1 N–H and O–H groups in total. The van der Waals surface area contributed by atoms with Crippen LogP contribution in [0.15, 0.2) is 22.7 Å². The summed E-state index contributed by atoms with van der Waals surface area (Å²) in [6.45, 7) is 0.295. The first-order valence-electron chi connectivity index (χ1n) is 4.72. The number of hydrogen-bond acceptors (Lipinski definition) is 4. The van der Waals surface area contributed by atoms with Gasteiger partial charge >= 0.3 is 0 Å². The Kier molecular flexibility index (Phi) is 5.45. The van der Waals surface area contributed by atoms with Crippen molar-refractivity contribution in [1.29, 1.82) is 0 Å². The third kappa shape index (κ3) is 3.92. The smallest absolute Gasteiger partial charge is 0.153 e. The molecule has 0 heterocycles. The summed E-state index contributed by atoms with van der Waals surface area (Å²) in [6, 6.07) is 5.10. The van der Waals surface area contributed by atoms with E-state index in [9.17, 15) is 9.90 Å². The lowest BCUT2D eigenvalue weighted by Crippen LogP contribution is -2.22.